The lowest BCUT2D eigenvalue weighted by Crippen LogP contribution is -2.04. The molecule has 1 heterocycles. The van der Waals surface area contributed by atoms with E-state index in [1.54, 1.807) is 13.2 Å². The molecule has 0 atom stereocenters. The molecule has 0 aliphatic rings. The highest BCUT2D eigenvalue weighted by atomic mass is 79.9. The van der Waals surface area contributed by atoms with Gasteiger partial charge in [0, 0.05) is 34.3 Å². The predicted octanol–water partition coefficient (Wildman–Crippen LogP) is 4.28. The van der Waals surface area contributed by atoms with Crippen molar-refractivity contribution in [1.82, 2.24) is 0 Å². The SMILES string of the molecule is COCc1c(Br)cccc1NCc1cc(C(=O)O)sc1C. The van der Waals surface area contributed by atoms with Crippen LogP contribution in [0.5, 0.6) is 0 Å². The molecule has 6 heteroatoms. The van der Waals surface area contributed by atoms with E-state index in [2.05, 4.69) is 21.2 Å². The third-order valence-electron chi connectivity index (χ3n) is 3.11. The van der Waals surface area contributed by atoms with Crippen molar-refractivity contribution in [2.24, 2.45) is 0 Å². The summed E-state index contributed by atoms with van der Waals surface area (Å²) in [5.74, 6) is -0.878. The van der Waals surface area contributed by atoms with E-state index in [4.69, 9.17) is 9.84 Å². The maximum Gasteiger partial charge on any atom is 0.345 e. The summed E-state index contributed by atoms with van der Waals surface area (Å²) in [6, 6.07) is 7.63. The lowest BCUT2D eigenvalue weighted by Gasteiger charge is -2.13. The fraction of sp³-hybridized carbons (Fsp3) is 0.267. The van der Waals surface area contributed by atoms with E-state index in [1.165, 1.54) is 11.3 Å². The second kappa shape index (κ2) is 7.06. The van der Waals surface area contributed by atoms with Crippen LogP contribution in [0, 0.1) is 6.92 Å². The van der Waals surface area contributed by atoms with Gasteiger partial charge in [-0.15, -0.1) is 11.3 Å². The monoisotopic (exact) mass is 369 g/mol. The van der Waals surface area contributed by atoms with Crippen LogP contribution in [0.15, 0.2) is 28.7 Å². The van der Waals surface area contributed by atoms with Gasteiger partial charge in [-0.2, -0.15) is 0 Å². The second-order valence-electron chi connectivity index (χ2n) is 4.55. The number of rotatable bonds is 6. The number of ether oxygens (including phenoxy) is 1. The third-order valence-corrected chi connectivity index (χ3v) is 4.93. The highest BCUT2D eigenvalue weighted by molar-refractivity contribution is 9.10. The first-order valence-corrected chi connectivity index (χ1v) is 7.96. The van der Waals surface area contributed by atoms with Crippen molar-refractivity contribution in [1.29, 1.82) is 0 Å². The molecule has 0 unspecified atom stereocenters. The Kier molecular flexibility index (Phi) is 5.39. The van der Waals surface area contributed by atoms with Crippen LogP contribution in [0.4, 0.5) is 5.69 Å². The summed E-state index contributed by atoms with van der Waals surface area (Å²) in [4.78, 5) is 12.4. The summed E-state index contributed by atoms with van der Waals surface area (Å²) in [5.41, 5.74) is 3.03. The highest BCUT2D eigenvalue weighted by Gasteiger charge is 2.12. The fourth-order valence-electron chi connectivity index (χ4n) is 2.01. The van der Waals surface area contributed by atoms with Crippen LogP contribution in [0.2, 0.25) is 0 Å². The molecule has 0 fully saturated rings. The molecule has 21 heavy (non-hydrogen) atoms. The van der Waals surface area contributed by atoms with Gasteiger partial charge >= 0.3 is 5.97 Å². The zero-order valence-corrected chi connectivity index (χ0v) is 14.2. The third kappa shape index (κ3) is 3.84. The molecule has 0 saturated heterocycles. The van der Waals surface area contributed by atoms with Gasteiger partial charge < -0.3 is 15.2 Å². The minimum atomic E-state index is -0.878. The number of carbonyl (C=O) groups is 1. The van der Waals surface area contributed by atoms with Gasteiger partial charge in [-0.05, 0) is 30.7 Å². The molecule has 112 valence electrons. The van der Waals surface area contributed by atoms with Crippen molar-refractivity contribution >= 4 is 38.9 Å². The number of carboxylic acids is 1. The van der Waals surface area contributed by atoms with E-state index in [-0.39, 0.29) is 0 Å². The highest BCUT2D eigenvalue weighted by Crippen LogP contribution is 2.27. The van der Waals surface area contributed by atoms with Gasteiger partial charge in [-0.25, -0.2) is 4.79 Å². The smallest absolute Gasteiger partial charge is 0.345 e. The molecule has 0 aliphatic heterocycles. The predicted molar refractivity (Wildman–Crippen MR) is 88.2 cm³/mol. The molecular formula is C15H16BrNO3S. The van der Waals surface area contributed by atoms with Crippen molar-refractivity contribution in [3.63, 3.8) is 0 Å². The summed E-state index contributed by atoms with van der Waals surface area (Å²) in [5, 5.41) is 12.4. The van der Waals surface area contributed by atoms with Crippen LogP contribution < -0.4 is 5.32 Å². The Labute approximate surface area is 135 Å². The number of nitrogens with one attached hydrogen (secondary N) is 1. The quantitative estimate of drug-likeness (QED) is 0.797. The molecule has 1 aromatic heterocycles. The number of aromatic carboxylic acids is 1. The number of benzene rings is 1. The van der Waals surface area contributed by atoms with E-state index < -0.39 is 5.97 Å². The van der Waals surface area contributed by atoms with Crippen LogP contribution in [0.1, 0.15) is 25.7 Å². The van der Waals surface area contributed by atoms with E-state index in [0.29, 0.717) is 18.0 Å². The summed E-state index contributed by atoms with van der Waals surface area (Å²) in [6.07, 6.45) is 0. The van der Waals surface area contributed by atoms with Gasteiger partial charge in [0.15, 0.2) is 0 Å². The summed E-state index contributed by atoms with van der Waals surface area (Å²) in [6.45, 7) is 3.03. The summed E-state index contributed by atoms with van der Waals surface area (Å²) < 4.78 is 6.20. The molecule has 1 aromatic carbocycles. The molecule has 0 amide bonds. The largest absolute Gasteiger partial charge is 0.477 e. The molecule has 2 aromatic rings. The molecule has 2 N–H and O–H groups in total. The van der Waals surface area contributed by atoms with Crippen LogP contribution >= 0.6 is 27.3 Å². The fourth-order valence-corrected chi connectivity index (χ4v) is 3.37. The van der Waals surface area contributed by atoms with Gasteiger partial charge in [-0.1, -0.05) is 22.0 Å². The molecule has 2 rings (SSSR count). The number of hydrogen-bond acceptors (Lipinski definition) is 4. The number of thiophene rings is 1. The Morgan fingerprint density at radius 1 is 1.48 bits per heavy atom. The summed E-state index contributed by atoms with van der Waals surface area (Å²) in [7, 11) is 1.66. The number of anilines is 1. The molecule has 0 saturated carbocycles. The first kappa shape index (κ1) is 16.0. The number of carboxylic acid groups (broad SMARTS) is 1. The maximum atomic E-state index is 11.0. The first-order valence-electron chi connectivity index (χ1n) is 6.35. The van der Waals surface area contributed by atoms with Gasteiger partial charge in [-0.3, -0.25) is 0 Å². The topological polar surface area (TPSA) is 58.6 Å². The molecule has 0 aliphatic carbocycles. The van der Waals surface area contributed by atoms with Crippen molar-refractivity contribution in [2.75, 3.05) is 12.4 Å². The van der Waals surface area contributed by atoms with Crippen LogP contribution in [0.3, 0.4) is 0 Å². The maximum absolute atomic E-state index is 11.0. The van der Waals surface area contributed by atoms with Crippen LogP contribution in [-0.4, -0.2) is 18.2 Å². The molecule has 0 spiro atoms. The van der Waals surface area contributed by atoms with E-state index in [9.17, 15) is 4.79 Å². The van der Waals surface area contributed by atoms with E-state index in [1.807, 2.05) is 25.1 Å². The van der Waals surface area contributed by atoms with Gasteiger partial charge in [0.05, 0.1) is 6.61 Å². The normalized spacial score (nSPS) is 10.6. The number of aryl methyl sites for hydroxylation is 1. The molecule has 0 radical (unpaired) electrons. The number of methoxy groups -OCH3 is 1. The average molecular weight is 370 g/mol. The minimum Gasteiger partial charge on any atom is -0.477 e. The standard InChI is InChI=1S/C15H16BrNO3S/c1-9-10(6-14(21-9)15(18)19)7-17-13-5-3-4-12(16)11(13)8-20-2/h3-6,17H,7-8H2,1-2H3,(H,18,19). The lowest BCUT2D eigenvalue weighted by atomic mass is 10.1. The van der Waals surface area contributed by atoms with E-state index in [0.717, 1.165) is 26.2 Å². The van der Waals surface area contributed by atoms with Crippen LogP contribution in [-0.2, 0) is 17.9 Å². The first-order chi connectivity index (χ1) is 10.0. The molecule has 0 bridgehead atoms. The summed E-state index contributed by atoms with van der Waals surface area (Å²) >= 11 is 4.82. The average Bonchev–Trinajstić information content (AvgIpc) is 2.81. The zero-order valence-electron chi connectivity index (χ0n) is 11.8. The Hall–Kier alpha value is -1.37. The van der Waals surface area contributed by atoms with Crippen LogP contribution in [0.25, 0.3) is 0 Å². The van der Waals surface area contributed by atoms with E-state index >= 15 is 0 Å². The van der Waals surface area contributed by atoms with Crippen molar-refractivity contribution in [3.8, 4) is 0 Å². The van der Waals surface area contributed by atoms with Gasteiger partial charge in [0.1, 0.15) is 4.88 Å². The minimum absolute atomic E-state index is 0.371. The van der Waals surface area contributed by atoms with Crippen molar-refractivity contribution in [2.45, 2.75) is 20.1 Å². The van der Waals surface area contributed by atoms with Gasteiger partial charge in [0.2, 0.25) is 0 Å². The Morgan fingerprint density at radius 3 is 2.86 bits per heavy atom. The number of halogens is 1. The van der Waals surface area contributed by atoms with Gasteiger partial charge in [0.25, 0.3) is 0 Å². The Bertz CT molecular complexity index is 654. The van der Waals surface area contributed by atoms with Crippen molar-refractivity contribution < 1.29 is 14.6 Å². The van der Waals surface area contributed by atoms with Crippen molar-refractivity contribution in [3.05, 3.63) is 49.6 Å². The lowest BCUT2D eigenvalue weighted by molar-refractivity contribution is 0.0702. The zero-order chi connectivity index (χ0) is 15.4. The molecular weight excluding hydrogens is 354 g/mol. The Balaban J connectivity index is 2.16. The number of hydrogen-bond donors (Lipinski definition) is 2. The molecule has 4 nitrogen and oxygen atoms in total. The second-order valence-corrected chi connectivity index (χ2v) is 6.66. The Morgan fingerprint density at radius 2 is 2.24 bits per heavy atom.